The van der Waals surface area contributed by atoms with E-state index in [1.807, 2.05) is 38.1 Å². The summed E-state index contributed by atoms with van der Waals surface area (Å²) < 4.78 is 6.22. The topological polar surface area (TPSA) is 45.5 Å². The molecular weight excluding hydrogens is 308 g/mol. The molecule has 2 aromatic heterocycles. The molecule has 0 aliphatic rings. The van der Waals surface area contributed by atoms with Gasteiger partial charge >= 0.3 is 0 Å². The molecule has 0 aliphatic carbocycles. The van der Waals surface area contributed by atoms with E-state index >= 15 is 0 Å². The van der Waals surface area contributed by atoms with Crippen LogP contribution in [-0.4, -0.2) is 30.4 Å². The predicted octanol–water partition coefficient (Wildman–Crippen LogP) is 3.54. The first-order chi connectivity index (χ1) is 10.0. The smallest absolute Gasteiger partial charge is 0.239 e. The number of nitrogens with one attached hydrogen (secondary N) is 1. The van der Waals surface area contributed by atoms with Crippen LogP contribution in [0.2, 0.25) is 4.34 Å². The number of furan rings is 1. The Bertz CT molecular complexity index is 582. The van der Waals surface area contributed by atoms with E-state index < -0.39 is 0 Å². The maximum atomic E-state index is 12.2. The van der Waals surface area contributed by atoms with Gasteiger partial charge < -0.3 is 9.32 Å². The number of hydrogen-bond donors (Lipinski definition) is 1. The highest BCUT2D eigenvalue weighted by Gasteiger charge is 2.25. The Morgan fingerprint density at radius 3 is 2.76 bits per heavy atom. The Hall–Kier alpha value is -1.30. The zero-order chi connectivity index (χ0) is 15.4. The molecule has 21 heavy (non-hydrogen) atoms. The third-order valence-electron chi connectivity index (χ3n) is 3.34. The van der Waals surface area contributed by atoms with E-state index in [1.54, 1.807) is 18.2 Å². The first-order valence-corrected chi connectivity index (χ1v) is 8.02. The van der Waals surface area contributed by atoms with E-state index in [-0.39, 0.29) is 18.0 Å². The summed E-state index contributed by atoms with van der Waals surface area (Å²) in [5.41, 5.74) is 0. The van der Waals surface area contributed by atoms with Crippen molar-refractivity contribution in [2.45, 2.75) is 25.9 Å². The van der Waals surface area contributed by atoms with Gasteiger partial charge in [-0.1, -0.05) is 11.6 Å². The second-order valence-electron chi connectivity index (χ2n) is 4.83. The van der Waals surface area contributed by atoms with Crippen molar-refractivity contribution in [3.05, 3.63) is 45.5 Å². The van der Waals surface area contributed by atoms with Crippen LogP contribution in [0.1, 0.15) is 30.5 Å². The van der Waals surface area contributed by atoms with Crippen molar-refractivity contribution in [1.29, 1.82) is 0 Å². The molecule has 0 radical (unpaired) electrons. The molecule has 0 spiro atoms. The van der Waals surface area contributed by atoms with Gasteiger partial charge in [-0.05, 0) is 38.1 Å². The second-order valence-corrected chi connectivity index (χ2v) is 6.58. The van der Waals surface area contributed by atoms with Gasteiger partial charge in [-0.3, -0.25) is 10.1 Å². The fraction of sp³-hybridized carbons (Fsp3) is 0.400. The average Bonchev–Trinajstić information content (AvgIpc) is 3.14. The van der Waals surface area contributed by atoms with Crippen LogP contribution in [-0.2, 0) is 4.79 Å². The molecule has 2 unspecified atom stereocenters. The van der Waals surface area contributed by atoms with E-state index in [2.05, 4.69) is 5.32 Å². The SMILES string of the molecule is CCN(C)C(=O)C(C)NC(c1ccco1)c1ccc(Cl)s1. The highest BCUT2D eigenvalue weighted by Crippen LogP contribution is 2.31. The molecule has 0 aromatic carbocycles. The van der Waals surface area contributed by atoms with Gasteiger partial charge in [0.25, 0.3) is 0 Å². The van der Waals surface area contributed by atoms with Gasteiger partial charge in [0, 0.05) is 18.5 Å². The number of thiophene rings is 1. The number of likely N-dealkylation sites (N-methyl/N-ethyl adjacent to an activating group) is 1. The third-order valence-corrected chi connectivity index (χ3v) is 4.64. The maximum absolute atomic E-state index is 12.2. The molecule has 6 heteroatoms. The first kappa shape index (κ1) is 16.1. The lowest BCUT2D eigenvalue weighted by atomic mass is 10.1. The molecule has 0 fully saturated rings. The molecule has 2 rings (SSSR count). The largest absolute Gasteiger partial charge is 0.467 e. The van der Waals surface area contributed by atoms with Gasteiger partial charge in [-0.25, -0.2) is 0 Å². The van der Waals surface area contributed by atoms with Gasteiger partial charge in [0.15, 0.2) is 0 Å². The summed E-state index contributed by atoms with van der Waals surface area (Å²) in [5, 5.41) is 3.33. The zero-order valence-corrected chi connectivity index (χ0v) is 13.9. The molecule has 114 valence electrons. The number of hydrogen-bond acceptors (Lipinski definition) is 4. The Labute approximate surface area is 133 Å². The molecule has 0 aliphatic heterocycles. The van der Waals surface area contributed by atoms with Gasteiger partial charge in [-0.2, -0.15) is 0 Å². The lowest BCUT2D eigenvalue weighted by molar-refractivity contribution is -0.131. The minimum Gasteiger partial charge on any atom is -0.467 e. The Kier molecular flexibility index (Phi) is 5.45. The summed E-state index contributed by atoms with van der Waals surface area (Å²) in [4.78, 5) is 14.9. The van der Waals surface area contributed by atoms with Crippen LogP contribution in [0, 0.1) is 0 Å². The number of halogens is 1. The van der Waals surface area contributed by atoms with Crippen molar-refractivity contribution in [2.75, 3.05) is 13.6 Å². The number of carbonyl (C=O) groups excluding carboxylic acids is 1. The molecule has 0 bridgehead atoms. The summed E-state index contributed by atoms with van der Waals surface area (Å²) >= 11 is 7.50. The van der Waals surface area contributed by atoms with Crippen molar-refractivity contribution in [2.24, 2.45) is 0 Å². The van der Waals surface area contributed by atoms with Crippen LogP contribution in [0.3, 0.4) is 0 Å². The van der Waals surface area contributed by atoms with Crippen molar-refractivity contribution in [3.63, 3.8) is 0 Å². The van der Waals surface area contributed by atoms with E-state index in [0.29, 0.717) is 10.9 Å². The highest BCUT2D eigenvalue weighted by atomic mass is 35.5. The van der Waals surface area contributed by atoms with Crippen LogP contribution >= 0.6 is 22.9 Å². The van der Waals surface area contributed by atoms with Gasteiger partial charge in [0.1, 0.15) is 11.8 Å². The molecule has 2 heterocycles. The molecule has 1 amide bonds. The van der Waals surface area contributed by atoms with Crippen LogP contribution in [0.25, 0.3) is 0 Å². The summed E-state index contributed by atoms with van der Waals surface area (Å²) in [7, 11) is 1.80. The van der Waals surface area contributed by atoms with Gasteiger partial charge in [0.05, 0.1) is 16.6 Å². The summed E-state index contributed by atoms with van der Waals surface area (Å²) in [6, 6.07) is 7.04. The third kappa shape index (κ3) is 3.87. The van der Waals surface area contributed by atoms with Crippen molar-refractivity contribution in [1.82, 2.24) is 10.2 Å². The average molecular weight is 327 g/mol. The Balaban J connectivity index is 2.19. The predicted molar refractivity (Wildman–Crippen MR) is 85.8 cm³/mol. The fourth-order valence-electron chi connectivity index (χ4n) is 2.05. The minimum absolute atomic E-state index is 0.0525. The van der Waals surface area contributed by atoms with E-state index in [0.717, 1.165) is 10.6 Å². The summed E-state index contributed by atoms with van der Waals surface area (Å²) in [5.74, 6) is 0.823. The molecule has 4 nitrogen and oxygen atoms in total. The highest BCUT2D eigenvalue weighted by molar-refractivity contribution is 7.16. The summed E-state index contributed by atoms with van der Waals surface area (Å²) in [6.45, 7) is 4.49. The molecule has 0 saturated carbocycles. The number of carbonyl (C=O) groups is 1. The fourth-order valence-corrected chi connectivity index (χ4v) is 3.18. The monoisotopic (exact) mass is 326 g/mol. The second kappa shape index (κ2) is 7.11. The molecular formula is C15H19ClN2O2S. The number of nitrogens with zero attached hydrogens (tertiary/aromatic N) is 1. The zero-order valence-electron chi connectivity index (χ0n) is 12.3. The molecule has 2 atom stereocenters. The quantitative estimate of drug-likeness (QED) is 0.883. The standard InChI is InChI=1S/C15H19ClN2O2S/c1-4-18(3)15(19)10(2)17-14(11-6-5-9-20-11)12-7-8-13(16)21-12/h5-10,14,17H,4H2,1-3H3. The Morgan fingerprint density at radius 1 is 1.48 bits per heavy atom. The lowest BCUT2D eigenvalue weighted by Crippen LogP contribution is -2.44. The van der Waals surface area contributed by atoms with Crippen molar-refractivity contribution in [3.8, 4) is 0 Å². The van der Waals surface area contributed by atoms with Crippen LogP contribution in [0.15, 0.2) is 34.9 Å². The molecule has 0 saturated heterocycles. The molecule has 1 N–H and O–H groups in total. The molecule has 2 aromatic rings. The summed E-state index contributed by atoms with van der Waals surface area (Å²) in [6.07, 6.45) is 1.63. The van der Waals surface area contributed by atoms with E-state index in [9.17, 15) is 4.79 Å². The Morgan fingerprint density at radius 2 is 2.24 bits per heavy atom. The van der Waals surface area contributed by atoms with Gasteiger partial charge in [-0.15, -0.1) is 11.3 Å². The first-order valence-electron chi connectivity index (χ1n) is 6.82. The van der Waals surface area contributed by atoms with E-state index in [1.165, 1.54) is 11.3 Å². The maximum Gasteiger partial charge on any atom is 0.239 e. The number of rotatable bonds is 6. The van der Waals surface area contributed by atoms with Crippen molar-refractivity contribution < 1.29 is 9.21 Å². The van der Waals surface area contributed by atoms with Crippen LogP contribution in [0.5, 0.6) is 0 Å². The number of amides is 1. The van der Waals surface area contributed by atoms with Gasteiger partial charge in [0.2, 0.25) is 5.91 Å². The van der Waals surface area contributed by atoms with Crippen LogP contribution < -0.4 is 5.32 Å². The minimum atomic E-state index is -0.314. The van der Waals surface area contributed by atoms with E-state index in [4.69, 9.17) is 16.0 Å². The van der Waals surface area contributed by atoms with Crippen molar-refractivity contribution >= 4 is 28.8 Å². The normalized spacial score (nSPS) is 13.9. The lowest BCUT2D eigenvalue weighted by Gasteiger charge is -2.24. The van der Waals surface area contributed by atoms with Crippen LogP contribution in [0.4, 0.5) is 0 Å².